The minimum Gasteiger partial charge on any atom is -0.363 e. The minimum atomic E-state index is 0.470. The van der Waals surface area contributed by atoms with Gasteiger partial charge in [0.1, 0.15) is 11.6 Å². The van der Waals surface area contributed by atoms with Gasteiger partial charge in [-0.05, 0) is 37.1 Å². The summed E-state index contributed by atoms with van der Waals surface area (Å²) in [5.41, 5.74) is 3.65. The van der Waals surface area contributed by atoms with Crippen molar-refractivity contribution in [1.29, 1.82) is 10.5 Å². The fourth-order valence-electron chi connectivity index (χ4n) is 1.81. The highest BCUT2D eigenvalue weighted by Gasteiger charge is 2.10. The Bertz CT molecular complexity index is 722. The van der Waals surface area contributed by atoms with Gasteiger partial charge in [-0.15, -0.1) is 5.10 Å². The van der Waals surface area contributed by atoms with Crippen molar-refractivity contribution >= 4 is 5.82 Å². The Morgan fingerprint density at radius 2 is 1.95 bits per heavy atom. The molecule has 1 aromatic heterocycles. The number of aryl methyl sites for hydroxylation is 1. The summed E-state index contributed by atoms with van der Waals surface area (Å²) in [6.07, 6.45) is 0. The van der Waals surface area contributed by atoms with E-state index >= 15 is 0 Å². The quantitative estimate of drug-likeness (QED) is 0.919. The van der Waals surface area contributed by atoms with Crippen LogP contribution in [0.25, 0.3) is 0 Å². The summed E-state index contributed by atoms with van der Waals surface area (Å²) in [5, 5.41) is 29.2. The van der Waals surface area contributed by atoms with E-state index in [1.54, 1.807) is 12.1 Å². The number of rotatable bonds is 3. The fraction of sp³-hybridized carbons (Fsp3) is 0.200. The van der Waals surface area contributed by atoms with Crippen LogP contribution in [0.5, 0.6) is 0 Å². The maximum atomic E-state index is 9.20. The van der Waals surface area contributed by atoms with Crippen molar-refractivity contribution < 1.29 is 0 Å². The van der Waals surface area contributed by atoms with Crippen LogP contribution in [0.4, 0.5) is 5.82 Å². The van der Waals surface area contributed by atoms with Gasteiger partial charge in [-0.1, -0.05) is 12.1 Å². The average Bonchev–Trinajstić information content (AvgIpc) is 2.48. The molecule has 0 fully saturated rings. The van der Waals surface area contributed by atoms with Crippen LogP contribution in [-0.2, 0) is 6.54 Å². The first-order chi connectivity index (χ1) is 9.65. The highest BCUT2D eigenvalue weighted by molar-refractivity contribution is 5.56. The van der Waals surface area contributed by atoms with Crippen LogP contribution in [0.2, 0.25) is 0 Å². The highest BCUT2D eigenvalue weighted by atomic mass is 15.2. The minimum absolute atomic E-state index is 0.470. The lowest BCUT2D eigenvalue weighted by molar-refractivity contribution is 0.940. The number of nitriles is 2. The Morgan fingerprint density at radius 1 is 1.15 bits per heavy atom. The average molecular weight is 263 g/mol. The molecule has 0 bridgehead atoms. The zero-order valence-electron chi connectivity index (χ0n) is 11.3. The first kappa shape index (κ1) is 13.5. The van der Waals surface area contributed by atoms with Crippen molar-refractivity contribution in [3.8, 4) is 12.1 Å². The number of nitrogens with one attached hydrogen (secondary N) is 1. The third-order valence-corrected chi connectivity index (χ3v) is 3.08. The van der Waals surface area contributed by atoms with Crippen molar-refractivity contribution in [1.82, 2.24) is 10.2 Å². The largest absolute Gasteiger partial charge is 0.363 e. The molecule has 1 heterocycles. The number of benzene rings is 1. The topological polar surface area (TPSA) is 85.4 Å². The van der Waals surface area contributed by atoms with E-state index in [1.165, 1.54) is 0 Å². The van der Waals surface area contributed by atoms with Crippen molar-refractivity contribution in [2.45, 2.75) is 20.4 Å². The molecular weight excluding hydrogens is 250 g/mol. The van der Waals surface area contributed by atoms with E-state index in [-0.39, 0.29) is 0 Å². The molecule has 0 spiro atoms. The molecule has 0 amide bonds. The lowest BCUT2D eigenvalue weighted by Crippen LogP contribution is -2.07. The summed E-state index contributed by atoms with van der Waals surface area (Å²) in [5.74, 6) is 0.470. The van der Waals surface area contributed by atoms with Gasteiger partial charge in [-0.3, -0.25) is 0 Å². The number of hydrogen-bond donors (Lipinski definition) is 1. The van der Waals surface area contributed by atoms with E-state index in [1.807, 2.05) is 26.0 Å². The second kappa shape index (κ2) is 5.81. The SMILES string of the molecule is Cc1nnc(NCc2cccc(C#N)c2)c(C#N)c1C. The van der Waals surface area contributed by atoms with Crippen molar-refractivity contribution in [3.63, 3.8) is 0 Å². The normalized spacial score (nSPS) is 9.60. The molecule has 1 aromatic carbocycles. The molecule has 2 rings (SSSR count). The smallest absolute Gasteiger partial charge is 0.167 e. The molecule has 0 saturated heterocycles. The van der Waals surface area contributed by atoms with Crippen LogP contribution in [0.1, 0.15) is 27.9 Å². The summed E-state index contributed by atoms with van der Waals surface area (Å²) >= 11 is 0. The molecule has 5 nitrogen and oxygen atoms in total. The number of aromatic nitrogens is 2. The van der Waals surface area contributed by atoms with Crippen LogP contribution in [-0.4, -0.2) is 10.2 Å². The Kier molecular flexibility index (Phi) is 3.93. The molecule has 98 valence electrons. The van der Waals surface area contributed by atoms with E-state index in [0.717, 1.165) is 16.8 Å². The van der Waals surface area contributed by atoms with Crippen molar-refractivity contribution in [2.75, 3.05) is 5.32 Å². The second-order valence-electron chi connectivity index (χ2n) is 4.41. The molecule has 0 saturated carbocycles. The summed E-state index contributed by atoms with van der Waals surface area (Å²) < 4.78 is 0. The molecule has 0 atom stereocenters. The fourth-order valence-corrected chi connectivity index (χ4v) is 1.81. The molecule has 0 aliphatic rings. The van der Waals surface area contributed by atoms with Gasteiger partial charge in [-0.25, -0.2) is 0 Å². The molecular formula is C15H13N5. The molecule has 2 aromatic rings. The summed E-state index contributed by atoms with van der Waals surface area (Å²) in [6, 6.07) is 11.5. The van der Waals surface area contributed by atoms with Crippen LogP contribution in [0.15, 0.2) is 24.3 Å². The van der Waals surface area contributed by atoms with Crippen LogP contribution >= 0.6 is 0 Å². The van der Waals surface area contributed by atoms with Gasteiger partial charge in [0.15, 0.2) is 5.82 Å². The summed E-state index contributed by atoms with van der Waals surface area (Å²) in [7, 11) is 0. The molecule has 5 heteroatoms. The first-order valence-corrected chi connectivity index (χ1v) is 6.12. The van der Waals surface area contributed by atoms with Crippen LogP contribution < -0.4 is 5.32 Å². The zero-order valence-corrected chi connectivity index (χ0v) is 11.3. The van der Waals surface area contributed by atoms with E-state index in [9.17, 15) is 5.26 Å². The third-order valence-electron chi connectivity index (χ3n) is 3.08. The molecule has 0 aliphatic carbocycles. The predicted octanol–water partition coefficient (Wildman–Crippen LogP) is 2.45. The van der Waals surface area contributed by atoms with E-state index < -0.39 is 0 Å². The Labute approximate surface area is 117 Å². The molecule has 0 radical (unpaired) electrons. The molecule has 0 unspecified atom stereocenters. The predicted molar refractivity (Wildman–Crippen MR) is 74.7 cm³/mol. The van der Waals surface area contributed by atoms with Crippen LogP contribution in [0, 0.1) is 36.5 Å². The van der Waals surface area contributed by atoms with Gasteiger partial charge < -0.3 is 5.32 Å². The number of nitrogens with zero attached hydrogens (tertiary/aromatic N) is 4. The number of anilines is 1. The standard InChI is InChI=1S/C15H13N5/c1-10-11(2)19-20-15(14(10)8-17)18-9-13-5-3-4-12(6-13)7-16/h3-6H,9H2,1-2H3,(H,18,20). The van der Waals surface area contributed by atoms with Crippen molar-refractivity contribution in [2.24, 2.45) is 0 Å². The Hall–Kier alpha value is -2.92. The van der Waals surface area contributed by atoms with Gasteiger partial charge in [0.2, 0.25) is 0 Å². The van der Waals surface area contributed by atoms with Gasteiger partial charge in [-0.2, -0.15) is 15.6 Å². The van der Waals surface area contributed by atoms with E-state index in [0.29, 0.717) is 23.5 Å². The maximum Gasteiger partial charge on any atom is 0.167 e. The van der Waals surface area contributed by atoms with E-state index in [4.69, 9.17) is 5.26 Å². The van der Waals surface area contributed by atoms with Crippen LogP contribution in [0.3, 0.4) is 0 Å². The summed E-state index contributed by atoms with van der Waals surface area (Å²) in [4.78, 5) is 0. The lowest BCUT2D eigenvalue weighted by atomic mass is 10.1. The lowest BCUT2D eigenvalue weighted by Gasteiger charge is -2.09. The van der Waals surface area contributed by atoms with E-state index in [2.05, 4.69) is 27.7 Å². The summed E-state index contributed by atoms with van der Waals surface area (Å²) in [6.45, 7) is 4.16. The Balaban J connectivity index is 2.22. The van der Waals surface area contributed by atoms with Gasteiger partial charge >= 0.3 is 0 Å². The number of hydrogen-bond acceptors (Lipinski definition) is 5. The molecule has 0 aliphatic heterocycles. The Morgan fingerprint density at radius 3 is 2.65 bits per heavy atom. The molecule has 1 N–H and O–H groups in total. The first-order valence-electron chi connectivity index (χ1n) is 6.12. The molecule has 20 heavy (non-hydrogen) atoms. The highest BCUT2D eigenvalue weighted by Crippen LogP contribution is 2.18. The third kappa shape index (κ3) is 2.73. The van der Waals surface area contributed by atoms with Gasteiger partial charge in [0.05, 0.1) is 17.3 Å². The van der Waals surface area contributed by atoms with Gasteiger partial charge in [0.25, 0.3) is 0 Å². The van der Waals surface area contributed by atoms with Crippen molar-refractivity contribution in [3.05, 3.63) is 52.2 Å². The van der Waals surface area contributed by atoms with Gasteiger partial charge in [0, 0.05) is 6.54 Å². The zero-order chi connectivity index (χ0) is 14.5. The monoisotopic (exact) mass is 263 g/mol. The second-order valence-corrected chi connectivity index (χ2v) is 4.41. The maximum absolute atomic E-state index is 9.20.